The number of hydrogen-bond acceptors (Lipinski definition) is 3. The summed E-state index contributed by atoms with van der Waals surface area (Å²) in [5.41, 5.74) is 1.38. The topological polar surface area (TPSA) is 63.6 Å². The molecule has 0 aliphatic carbocycles. The Kier molecular flexibility index (Phi) is 4.69. The number of rotatable bonds is 5. The van der Waals surface area contributed by atoms with Gasteiger partial charge in [-0.25, -0.2) is 4.79 Å². The molecule has 0 amide bonds. The summed E-state index contributed by atoms with van der Waals surface area (Å²) in [4.78, 5) is 22.1. The van der Waals surface area contributed by atoms with Crippen molar-refractivity contribution in [2.75, 3.05) is 7.11 Å². The zero-order chi connectivity index (χ0) is 12.8. The third-order valence-corrected chi connectivity index (χ3v) is 2.70. The first-order valence-electron chi connectivity index (χ1n) is 5.48. The number of carboxylic acids is 1. The molecule has 4 heteroatoms. The van der Waals surface area contributed by atoms with E-state index in [1.165, 1.54) is 7.11 Å². The lowest BCUT2D eigenvalue weighted by Crippen LogP contribution is -2.15. The molecule has 1 rings (SSSR count). The van der Waals surface area contributed by atoms with Crippen LogP contribution in [0.2, 0.25) is 0 Å². The normalized spacial score (nSPS) is 11.9. The predicted molar refractivity (Wildman–Crippen MR) is 62.9 cm³/mol. The Morgan fingerprint density at radius 1 is 1.29 bits per heavy atom. The van der Waals surface area contributed by atoms with E-state index in [4.69, 9.17) is 5.11 Å². The van der Waals surface area contributed by atoms with Crippen molar-refractivity contribution in [3.8, 4) is 0 Å². The Hall–Kier alpha value is -1.84. The molecule has 0 fully saturated rings. The van der Waals surface area contributed by atoms with Crippen LogP contribution in [0, 0.1) is 5.92 Å². The largest absolute Gasteiger partial charge is 0.481 e. The molecule has 0 saturated carbocycles. The molecule has 0 radical (unpaired) electrons. The zero-order valence-electron chi connectivity index (χ0n) is 9.97. The van der Waals surface area contributed by atoms with Gasteiger partial charge >= 0.3 is 11.9 Å². The summed E-state index contributed by atoms with van der Waals surface area (Å²) < 4.78 is 4.58. The highest BCUT2D eigenvalue weighted by Crippen LogP contribution is 2.14. The van der Waals surface area contributed by atoms with Gasteiger partial charge in [-0.2, -0.15) is 0 Å². The molecule has 0 aliphatic heterocycles. The second-order valence-electron chi connectivity index (χ2n) is 3.84. The van der Waals surface area contributed by atoms with E-state index in [0.717, 1.165) is 5.56 Å². The average Bonchev–Trinajstić information content (AvgIpc) is 2.35. The molecule has 1 aromatic carbocycles. The molecular formula is C13H16O4. The summed E-state index contributed by atoms with van der Waals surface area (Å²) in [6.45, 7) is 1.85. The van der Waals surface area contributed by atoms with E-state index in [2.05, 4.69) is 4.74 Å². The van der Waals surface area contributed by atoms with Gasteiger partial charge in [0.1, 0.15) is 0 Å². The number of methoxy groups -OCH3 is 1. The van der Waals surface area contributed by atoms with Gasteiger partial charge in [-0.3, -0.25) is 4.79 Å². The molecule has 0 saturated heterocycles. The second-order valence-corrected chi connectivity index (χ2v) is 3.84. The Morgan fingerprint density at radius 2 is 1.88 bits per heavy atom. The van der Waals surface area contributed by atoms with Gasteiger partial charge in [0.2, 0.25) is 0 Å². The van der Waals surface area contributed by atoms with Gasteiger partial charge in [0.05, 0.1) is 18.6 Å². The quantitative estimate of drug-likeness (QED) is 0.795. The molecule has 17 heavy (non-hydrogen) atoms. The maximum atomic E-state index is 11.2. The highest BCUT2D eigenvalue weighted by molar-refractivity contribution is 5.89. The van der Waals surface area contributed by atoms with E-state index in [9.17, 15) is 9.59 Å². The Morgan fingerprint density at radius 3 is 2.29 bits per heavy atom. The van der Waals surface area contributed by atoms with Crippen molar-refractivity contribution < 1.29 is 19.4 Å². The fourth-order valence-electron chi connectivity index (χ4n) is 1.59. The van der Waals surface area contributed by atoms with Crippen molar-refractivity contribution in [1.29, 1.82) is 0 Å². The van der Waals surface area contributed by atoms with Crippen molar-refractivity contribution in [2.45, 2.75) is 19.8 Å². The zero-order valence-corrected chi connectivity index (χ0v) is 9.97. The number of carbonyl (C=O) groups excluding carboxylic acids is 1. The lowest BCUT2D eigenvalue weighted by atomic mass is 9.96. The Balaban J connectivity index is 2.74. The Labute approximate surface area is 100 Å². The van der Waals surface area contributed by atoms with Gasteiger partial charge in [0.15, 0.2) is 0 Å². The first-order chi connectivity index (χ1) is 8.08. The van der Waals surface area contributed by atoms with E-state index in [-0.39, 0.29) is 11.9 Å². The van der Waals surface area contributed by atoms with Crippen LogP contribution in [0.4, 0.5) is 0 Å². The van der Waals surface area contributed by atoms with E-state index in [1.54, 1.807) is 24.3 Å². The Bertz CT molecular complexity index is 394. The van der Waals surface area contributed by atoms with Crippen LogP contribution in [0.3, 0.4) is 0 Å². The number of carbonyl (C=O) groups is 2. The SMILES string of the molecule is CC[C@H](Cc1ccc(C(=O)OC)cc1)C(=O)O. The smallest absolute Gasteiger partial charge is 0.337 e. The van der Waals surface area contributed by atoms with Gasteiger partial charge in [0.25, 0.3) is 0 Å². The van der Waals surface area contributed by atoms with Gasteiger partial charge in [0, 0.05) is 0 Å². The van der Waals surface area contributed by atoms with Gasteiger partial charge in [-0.05, 0) is 30.5 Å². The van der Waals surface area contributed by atoms with Crippen molar-refractivity contribution in [1.82, 2.24) is 0 Å². The molecule has 92 valence electrons. The molecule has 0 unspecified atom stereocenters. The first-order valence-corrected chi connectivity index (χ1v) is 5.48. The maximum Gasteiger partial charge on any atom is 0.337 e. The third-order valence-electron chi connectivity index (χ3n) is 2.70. The molecule has 0 bridgehead atoms. The summed E-state index contributed by atoms with van der Waals surface area (Å²) in [6, 6.07) is 6.82. The molecule has 0 aliphatic rings. The molecule has 0 spiro atoms. The standard InChI is InChI=1S/C13H16O4/c1-3-10(12(14)15)8-9-4-6-11(7-5-9)13(16)17-2/h4-7,10H,3,8H2,1-2H3,(H,14,15)/t10-/m1/s1. The highest BCUT2D eigenvalue weighted by atomic mass is 16.5. The average molecular weight is 236 g/mol. The van der Waals surface area contributed by atoms with E-state index < -0.39 is 5.97 Å². The van der Waals surface area contributed by atoms with Crippen LogP contribution in [0.25, 0.3) is 0 Å². The fourth-order valence-corrected chi connectivity index (χ4v) is 1.59. The summed E-state index contributed by atoms with van der Waals surface area (Å²) >= 11 is 0. The van der Waals surface area contributed by atoms with E-state index in [1.807, 2.05) is 6.92 Å². The van der Waals surface area contributed by atoms with Crippen molar-refractivity contribution >= 4 is 11.9 Å². The van der Waals surface area contributed by atoms with Crippen molar-refractivity contribution in [3.63, 3.8) is 0 Å². The van der Waals surface area contributed by atoms with Gasteiger partial charge in [-0.15, -0.1) is 0 Å². The summed E-state index contributed by atoms with van der Waals surface area (Å²) in [6.07, 6.45) is 1.07. The third kappa shape index (κ3) is 3.59. The molecule has 0 heterocycles. The first kappa shape index (κ1) is 13.2. The van der Waals surface area contributed by atoms with Crippen LogP contribution in [-0.2, 0) is 16.0 Å². The van der Waals surface area contributed by atoms with E-state index in [0.29, 0.717) is 18.4 Å². The van der Waals surface area contributed by atoms with Crippen LogP contribution < -0.4 is 0 Å². The van der Waals surface area contributed by atoms with E-state index >= 15 is 0 Å². The fraction of sp³-hybridized carbons (Fsp3) is 0.385. The molecule has 1 N–H and O–H groups in total. The predicted octanol–water partition coefficient (Wildman–Crippen LogP) is 2.13. The van der Waals surface area contributed by atoms with Crippen LogP contribution in [-0.4, -0.2) is 24.2 Å². The summed E-state index contributed by atoms with van der Waals surface area (Å²) in [7, 11) is 1.33. The number of esters is 1. The number of hydrogen-bond donors (Lipinski definition) is 1. The summed E-state index contributed by atoms with van der Waals surface area (Å²) in [5, 5.41) is 8.94. The number of ether oxygens (including phenoxy) is 1. The number of carboxylic acid groups (broad SMARTS) is 1. The minimum Gasteiger partial charge on any atom is -0.481 e. The van der Waals surface area contributed by atoms with Gasteiger partial charge < -0.3 is 9.84 Å². The monoisotopic (exact) mass is 236 g/mol. The number of benzene rings is 1. The molecule has 1 aromatic rings. The lowest BCUT2D eigenvalue weighted by molar-refractivity contribution is -0.141. The van der Waals surface area contributed by atoms with Crippen LogP contribution in [0.15, 0.2) is 24.3 Å². The lowest BCUT2D eigenvalue weighted by Gasteiger charge is -2.09. The molecule has 1 atom stereocenters. The molecular weight excluding hydrogens is 220 g/mol. The van der Waals surface area contributed by atoms with Crippen LogP contribution in [0.1, 0.15) is 29.3 Å². The van der Waals surface area contributed by atoms with Gasteiger partial charge in [-0.1, -0.05) is 19.1 Å². The maximum absolute atomic E-state index is 11.2. The molecule has 4 nitrogen and oxygen atoms in total. The van der Waals surface area contributed by atoms with Crippen molar-refractivity contribution in [3.05, 3.63) is 35.4 Å². The van der Waals surface area contributed by atoms with Crippen LogP contribution in [0.5, 0.6) is 0 Å². The highest BCUT2D eigenvalue weighted by Gasteiger charge is 2.15. The number of aliphatic carboxylic acids is 1. The van der Waals surface area contributed by atoms with Crippen LogP contribution >= 0.6 is 0 Å². The minimum atomic E-state index is -0.787. The second kappa shape index (κ2) is 6.03. The summed E-state index contributed by atoms with van der Waals surface area (Å²) in [5.74, 6) is -1.55. The minimum absolute atomic E-state index is 0.376. The molecule has 0 aromatic heterocycles. The van der Waals surface area contributed by atoms with Crippen molar-refractivity contribution in [2.24, 2.45) is 5.92 Å².